The lowest BCUT2D eigenvalue weighted by Crippen LogP contribution is -2.60. The third kappa shape index (κ3) is 3.76. The molecule has 10 nitrogen and oxygen atoms in total. The normalized spacial score (nSPS) is 44.5. The summed E-state index contributed by atoms with van der Waals surface area (Å²) in [6.45, 7) is -0.788. The maximum Gasteiger partial charge on any atom is 0.311 e. The fourth-order valence-electron chi connectivity index (χ4n) is 4.06. The minimum Gasteiger partial charge on any atom is -0.469 e. The number of carbonyl (C=O) groups excluding carboxylic acids is 1. The lowest BCUT2D eigenvalue weighted by atomic mass is 9.79. The summed E-state index contributed by atoms with van der Waals surface area (Å²) >= 11 is 0. The number of ether oxygens (including phenoxy) is 4. The molecule has 5 N–H and O–H groups in total. The molecule has 2 unspecified atom stereocenters. The van der Waals surface area contributed by atoms with Crippen LogP contribution in [-0.2, 0) is 23.7 Å². The highest BCUT2D eigenvalue weighted by molar-refractivity contribution is 5.73. The van der Waals surface area contributed by atoms with Crippen molar-refractivity contribution in [1.82, 2.24) is 0 Å². The fourth-order valence-corrected chi connectivity index (χ4v) is 4.06. The summed E-state index contributed by atoms with van der Waals surface area (Å²) in [7, 11) is 1.29. The van der Waals surface area contributed by atoms with E-state index in [1.807, 2.05) is 6.08 Å². The smallest absolute Gasteiger partial charge is 0.311 e. The van der Waals surface area contributed by atoms with E-state index in [0.717, 1.165) is 0 Å². The van der Waals surface area contributed by atoms with Gasteiger partial charge in [0.15, 0.2) is 12.6 Å². The van der Waals surface area contributed by atoms with Crippen LogP contribution in [0.15, 0.2) is 11.6 Å². The van der Waals surface area contributed by atoms with E-state index < -0.39 is 61.4 Å². The van der Waals surface area contributed by atoms with Gasteiger partial charge in [-0.1, -0.05) is 6.08 Å². The maximum absolute atomic E-state index is 12.0. The fraction of sp³-hybridized carbons (Fsp3) is 0.824. The van der Waals surface area contributed by atoms with Gasteiger partial charge in [-0.05, 0) is 17.9 Å². The van der Waals surface area contributed by atoms with E-state index in [0.29, 0.717) is 12.0 Å². The van der Waals surface area contributed by atoms with Crippen LogP contribution < -0.4 is 0 Å². The first-order valence-electron chi connectivity index (χ1n) is 8.88. The van der Waals surface area contributed by atoms with Gasteiger partial charge < -0.3 is 44.5 Å². The Kier molecular flexibility index (Phi) is 6.49. The number of hydrogen-bond donors (Lipinski definition) is 5. The van der Waals surface area contributed by atoms with Crippen molar-refractivity contribution in [3.8, 4) is 0 Å². The number of aliphatic hydroxyl groups excluding tert-OH is 5. The summed E-state index contributed by atoms with van der Waals surface area (Å²) in [6.07, 6.45) is -5.67. The van der Waals surface area contributed by atoms with Crippen molar-refractivity contribution in [2.24, 2.45) is 17.8 Å². The predicted molar refractivity (Wildman–Crippen MR) is 86.9 cm³/mol. The number of esters is 1. The van der Waals surface area contributed by atoms with Gasteiger partial charge in [-0.25, -0.2) is 0 Å². The van der Waals surface area contributed by atoms with E-state index in [9.17, 15) is 30.3 Å². The molecule has 0 saturated carbocycles. The van der Waals surface area contributed by atoms with Gasteiger partial charge in [-0.15, -0.1) is 0 Å². The van der Waals surface area contributed by atoms with Crippen molar-refractivity contribution in [3.05, 3.63) is 11.6 Å². The molecule has 2 heterocycles. The summed E-state index contributed by atoms with van der Waals surface area (Å²) in [5.41, 5.74) is 0.642. The highest BCUT2D eigenvalue weighted by atomic mass is 16.8. The van der Waals surface area contributed by atoms with Crippen molar-refractivity contribution >= 4 is 5.97 Å². The molecular formula is C17H26O10. The first-order valence-corrected chi connectivity index (χ1v) is 8.88. The molecule has 0 bridgehead atoms. The number of carbonyl (C=O) groups is 1. The molecule has 3 rings (SSSR count). The molecule has 2 fully saturated rings. The highest BCUT2D eigenvalue weighted by Gasteiger charge is 2.51. The Morgan fingerprint density at radius 2 is 1.93 bits per heavy atom. The SMILES string of the molecule is COC(=O)C1COC(O[C@@H]2O[C@H](CO)[C@@H](O)[C@H](O)[C@H]2O)[C@@H]2C(CO)=CC[C@H]12. The van der Waals surface area contributed by atoms with Crippen LogP contribution in [0.1, 0.15) is 6.42 Å². The second-order valence-corrected chi connectivity index (χ2v) is 7.03. The zero-order chi connectivity index (χ0) is 19.7. The zero-order valence-electron chi connectivity index (χ0n) is 14.9. The van der Waals surface area contributed by atoms with Crippen molar-refractivity contribution in [1.29, 1.82) is 0 Å². The molecule has 0 amide bonds. The summed E-state index contributed by atoms with van der Waals surface area (Å²) in [5.74, 6) is -1.60. The zero-order valence-corrected chi connectivity index (χ0v) is 14.9. The Bertz CT molecular complexity index is 564. The van der Waals surface area contributed by atoms with Crippen LogP contribution in [0.2, 0.25) is 0 Å². The van der Waals surface area contributed by atoms with Crippen molar-refractivity contribution in [2.45, 2.75) is 43.4 Å². The predicted octanol–water partition coefficient (Wildman–Crippen LogP) is -2.50. The third-order valence-electron chi connectivity index (χ3n) is 5.59. The van der Waals surface area contributed by atoms with E-state index in [1.54, 1.807) is 0 Å². The average Bonchev–Trinajstić information content (AvgIpc) is 3.12. The second kappa shape index (κ2) is 8.50. The van der Waals surface area contributed by atoms with Crippen LogP contribution in [0.25, 0.3) is 0 Å². The average molecular weight is 390 g/mol. The largest absolute Gasteiger partial charge is 0.469 e. The monoisotopic (exact) mass is 390 g/mol. The molecule has 2 aliphatic heterocycles. The molecule has 1 aliphatic carbocycles. The van der Waals surface area contributed by atoms with Crippen LogP contribution >= 0.6 is 0 Å². The molecule has 2 saturated heterocycles. The highest BCUT2D eigenvalue weighted by Crippen LogP contribution is 2.45. The van der Waals surface area contributed by atoms with Crippen LogP contribution in [-0.4, -0.2) is 95.4 Å². The van der Waals surface area contributed by atoms with Gasteiger partial charge in [0.2, 0.25) is 0 Å². The Balaban J connectivity index is 1.76. The molecule has 0 spiro atoms. The van der Waals surface area contributed by atoms with Crippen LogP contribution in [0.3, 0.4) is 0 Å². The molecule has 27 heavy (non-hydrogen) atoms. The minimum atomic E-state index is -1.57. The first kappa shape index (κ1) is 20.6. The number of methoxy groups -OCH3 is 1. The Hall–Kier alpha value is -1.11. The lowest BCUT2D eigenvalue weighted by Gasteiger charge is -2.44. The number of allylic oxidation sites excluding steroid dienone is 1. The second-order valence-electron chi connectivity index (χ2n) is 7.03. The summed E-state index contributed by atoms with van der Waals surface area (Å²) < 4.78 is 21.6. The van der Waals surface area contributed by atoms with Crippen LogP contribution in [0.4, 0.5) is 0 Å². The van der Waals surface area contributed by atoms with Gasteiger partial charge in [0.05, 0.1) is 32.8 Å². The molecule has 0 aromatic rings. The van der Waals surface area contributed by atoms with Gasteiger partial charge in [0.1, 0.15) is 24.4 Å². The number of aliphatic hydroxyl groups is 5. The Labute approximate surface area is 155 Å². The topological polar surface area (TPSA) is 155 Å². The van der Waals surface area contributed by atoms with E-state index in [4.69, 9.17) is 18.9 Å². The Morgan fingerprint density at radius 3 is 2.56 bits per heavy atom. The molecule has 9 atom stereocenters. The minimum absolute atomic E-state index is 0.0302. The standard InChI is InChI=1S/C17H26O10/c1-24-15(23)9-6-25-16(11-7(4-18)2-3-8(9)11)27-17-14(22)13(21)12(20)10(5-19)26-17/h2,8-14,16-22H,3-6H2,1H3/t8-,9?,10-,11-,12-,13+,14-,16?,17+/m1/s1. The van der Waals surface area contributed by atoms with E-state index in [1.165, 1.54) is 7.11 Å². The molecule has 10 heteroatoms. The van der Waals surface area contributed by atoms with Crippen molar-refractivity contribution in [3.63, 3.8) is 0 Å². The number of fused-ring (bicyclic) bond motifs is 1. The van der Waals surface area contributed by atoms with E-state index >= 15 is 0 Å². The molecule has 0 aromatic carbocycles. The summed E-state index contributed by atoms with van der Waals surface area (Å²) in [4.78, 5) is 12.0. The third-order valence-corrected chi connectivity index (χ3v) is 5.59. The van der Waals surface area contributed by atoms with Gasteiger partial charge in [-0.3, -0.25) is 4.79 Å². The number of hydrogen-bond acceptors (Lipinski definition) is 10. The summed E-state index contributed by atoms with van der Waals surface area (Å²) in [5, 5.41) is 48.8. The van der Waals surface area contributed by atoms with Gasteiger partial charge in [-0.2, -0.15) is 0 Å². The van der Waals surface area contributed by atoms with Gasteiger partial charge in [0.25, 0.3) is 0 Å². The maximum atomic E-state index is 12.0. The van der Waals surface area contributed by atoms with Gasteiger partial charge in [0, 0.05) is 5.92 Å². The molecular weight excluding hydrogens is 364 g/mol. The molecule has 3 aliphatic rings. The van der Waals surface area contributed by atoms with Crippen molar-refractivity contribution < 1.29 is 49.3 Å². The summed E-state index contributed by atoms with van der Waals surface area (Å²) in [6, 6.07) is 0. The van der Waals surface area contributed by atoms with Crippen LogP contribution in [0.5, 0.6) is 0 Å². The van der Waals surface area contributed by atoms with Gasteiger partial charge >= 0.3 is 5.97 Å². The van der Waals surface area contributed by atoms with E-state index in [-0.39, 0.29) is 19.1 Å². The van der Waals surface area contributed by atoms with Crippen LogP contribution in [0, 0.1) is 17.8 Å². The Morgan fingerprint density at radius 1 is 1.19 bits per heavy atom. The first-order chi connectivity index (χ1) is 12.9. The molecule has 0 radical (unpaired) electrons. The lowest BCUT2D eigenvalue weighted by molar-refractivity contribution is -0.351. The molecule has 0 aromatic heterocycles. The number of rotatable bonds is 5. The van der Waals surface area contributed by atoms with Crippen molar-refractivity contribution in [2.75, 3.05) is 26.9 Å². The molecule has 154 valence electrons. The van der Waals surface area contributed by atoms with E-state index in [2.05, 4.69) is 0 Å². The quantitative estimate of drug-likeness (QED) is 0.251.